The van der Waals surface area contributed by atoms with E-state index in [1.165, 1.54) is 0 Å². The molecule has 3 heteroatoms. The Labute approximate surface area is 63.1 Å². The molecule has 0 spiro atoms. The lowest BCUT2D eigenvalue weighted by atomic mass is 9.71. The van der Waals surface area contributed by atoms with E-state index < -0.39 is 0 Å². The summed E-state index contributed by atoms with van der Waals surface area (Å²) in [4.78, 5) is 0. The number of hydrogen-bond acceptors (Lipinski definition) is 1. The van der Waals surface area contributed by atoms with Crippen LogP contribution in [0.2, 0.25) is 5.82 Å². The SMILES string of the molecule is [B]C1CCCC(C(=N)N)C1. The molecule has 0 aliphatic heterocycles. The molecule has 1 saturated carbocycles. The Kier molecular flexibility index (Phi) is 2.36. The Morgan fingerprint density at radius 2 is 2.20 bits per heavy atom. The number of nitrogens with one attached hydrogen (secondary N) is 1. The molecule has 0 aromatic rings. The maximum Gasteiger partial charge on any atom is 0.0936 e. The minimum Gasteiger partial charge on any atom is -0.387 e. The second-order valence-electron chi connectivity index (χ2n) is 3.08. The van der Waals surface area contributed by atoms with Gasteiger partial charge in [-0.2, -0.15) is 0 Å². The zero-order chi connectivity index (χ0) is 7.56. The number of rotatable bonds is 1. The fraction of sp³-hybridized carbons (Fsp3) is 0.857. The van der Waals surface area contributed by atoms with Gasteiger partial charge in [-0.05, 0) is 12.8 Å². The van der Waals surface area contributed by atoms with Crippen molar-refractivity contribution in [3.05, 3.63) is 0 Å². The second kappa shape index (κ2) is 3.08. The van der Waals surface area contributed by atoms with Gasteiger partial charge in [0.2, 0.25) is 0 Å². The van der Waals surface area contributed by atoms with E-state index in [0.29, 0.717) is 5.84 Å². The van der Waals surface area contributed by atoms with Gasteiger partial charge in [0.05, 0.1) is 13.7 Å². The van der Waals surface area contributed by atoms with Crippen LogP contribution in [0, 0.1) is 11.3 Å². The molecule has 2 nitrogen and oxygen atoms in total. The van der Waals surface area contributed by atoms with Gasteiger partial charge in [-0.15, -0.1) is 0 Å². The van der Waals surface area contributed by atoms with E-state index in [-0.39, 0.29) is 11.7 Å². The lowest BCUT2D eigenvalue weighted by molar-refractivity contribution is 0.436. The molecule has 1 rings (SSSR count). The summed E-state index contributed by atoms with van der Waals surface area (Å²) < 4.78 is 0. The van der Waals surface area contributed by atoms with Crippen molar-refractivity contribution in [3.8, 4) is 0 Å². The maximum absolute atomic E-state index is 7.20. The van der Waals surface area contributed by atoms with E-state index in [1.54, 1.807) is 0 Å². The summed E-state index contributed by atoms with van der Waals surface area (Å²) in [5, 5.41) is 7.20. The van der Waals surface area contributed by atoms with Crippen molar-refractivity contribution in [2.75, 3.05) is 0 Å². The molecule has 0 heterocycles. The van der Waals surface area contributed by atoms with Gasteiger partial charge >= 0.3 is 0 Å². The predicted molar refractivity (Wildman–Crippen MR) is 43.4 cm³/mol. The Morgan fingerprint density at radius 1 is 1.50 bits per heavy atom. The number of amidine groups is 1. The molecule has 0 bridgehead atoms. The molecule has 0 saturated heterocycles. The highest BCUT2D eigenvalue weighted by molar-refractivity contribution is 6.11. The van der Waals surface area contributed by atoms with E-state index in [1.807, 2.05) is 0 Å². The molecule has 2 atom stereocenters. The second-order valence-corrected chi connectivity index (χ2v) is 3.08. The van der Waals surface area contributed by atoms with Gasteiger partial charge in [0.15, 0.2) is 0 Å². The molecule has 0 amide bonds. The molecule has 10 heavy (non-hydrogen) atoms. The molecular formula is C7H13BN2. The zero-order valence-electron chi connectivity index (χ0n) is 6.14. The van der Waals surface area contributed by atoms with E-state index in [0.717, 1.165) is 25.7 Å². The molecule has 1 fully saturated rings. The molecule has 2 radical (unpaired) electrons. The van der Waals surface area contributed by atoms with Crippen LogP contribution in [0.4, 0.5) is 0 Å². The Balaban J connectivity index is 2.39. The van der Waals surface area contributed by atoms with Crippen molar-refractivity contribution in [2.45, 2.75) is 31.5 Å². The first-order valence-electron chi connectivity index (χ1n) is 3.79. The smallest absolute Gasteiger partial charge is 0.0936 e. The van der Waals surface area contributed by atoms with Crippen LogP contribution in [0.1, 0.15) is 25.7 Å². The van der Waals surface area contributed by atoms with Crippen molar-refractivity contribution < 1.29 is 0 Å². The van der Waals surface area contributed by atoms with Crippen LogP contribution in [0.5, 0.6) is 0 Å². The van der Waals surface area contributed by atoms with Crippen molar-refractivity contribution >= 4 is 13.7 Å². The molecule has 0 aromatic carbocycles. The number of nitrogens with two attached hydrogens (primary N) is 1. The third-order valence-electron chi connectivity index (χ3n) is 2.15. The van der Waals surface area contributed by atoms with E-state index in [4.69, 9.17) is 19.0 Å². The monoisotopic (exact) mass is 136 g/mol. The van der Waals surface area contributed by atoms with E-state index in [2.05, 4.69) is 0 Å². The lowest BCUT2D eigenvalue weighted by Crippen LogP contribution is -2.26. The Morgan fingerprint density at radius 3 is 2.60 bits per heavy atom. The summed E-state index contributed by atoms with van der Waals surface area (Å²) in [6, 6.07) is 0. The van der Waals surface area contributed by atoms with Crippen LogP contribution in [-0.2, 0) is 0 Å². The summed E-state index contributed by atoms with van der Waals surface area (Å²) in [7, 11) is 5.71. The molecular weight excluding hydrogens is 123 g/mol. The fourth-order valence-electron chi connectivity index (χ4n) is 1.51. The highest BCUT2D eigenvalue weighted by Crippen LogP contribution is 2.30. The largest absolute Gasteiger partial charge is 0.387 e. The fourth-order valence-corrected chi connectivity index (χ4v) is 1.51. The topological polar surface area (TPSA) is 49.9 Å². The summed E-state index contributed by atoms with van der Waals surface area (Å²) in [6.07, 6.45) is 4.20. The van der Waals surface area contributed by atoms with Crippen LogP contribution in [0.25, 0.3) is 0 Å². The summed E-state index contributed by atoms with van der Waals surface area (Å²) in [5.74, 6) is 0.863. The average Bonchev–Trinajstić information content (AvgIpc) is 1.88. The van der Waals surface area contributed by atoms with Crippen LogP contribution in [0.15, 0.2) is 0 Å². The van der Waals surface area contributed by atoms with Crippen molar-refractivity contribution in [1.29, 1.82) is 5.41 Å². The summed E-state index contributed by atoms with van der Waals surface area (Å²) in [6.45, 7) is 0. The average molecular weight is 136 g/mol. The van der Waals surface area contributed by atoms with Gasteiger partial charge in [0.1, 0.15) is 0 Å². The minimum atomic E-state index is 0.267. The first-order valence-corrected chi connectivity index (χ1v) is 3.79. The Bertz CT molecular complexity index is 136. The lowest BCUT2D eigenvalue weighted by Gasteiger charge is -2.25. The van der Waals surface area contributed by atoms with E-state index in [9.17, 15) is 0 Å². The van der Waals surface area contributed by atoms with Gasteiger partial charge < -0.3 is 5.73 Å². The quantitative estimate of drug-likeness (QED) is 0.316. The Hall–Kier alpha value is -0.465. The minimum absolute atomic E-state index is 0.267. The van der Waals surface area contributed by atoms with Crippen molar-refractivity contribution in [2.24, 2.45) is 11.7 Å². The van der Waals surface area contributed by atoms with Gasteiger partial charge in [-0.25, -0.2) is 0 Å². The maximum atomic E-state index is 7.20. The van der Waals surface area contributed by atoms with Crippen molar-refractivity contribution in [3.63, 3.8) is 0 Å². The third-order valence-corrected chi connectivity index (χ3v) is 2.15. The van der Waals surface area contributed by atoms with Crippen LogP contribution in [0.3, 0.4) is 0 Å². The first-order chi connectivity index (χ1) is 4.70. The normalized spacial score (nSPS) is 33.6. The highest BCUT2D eigenvalue weighted by Gasteiger charge is 2.19. The van der Waals surface area contributed by atoms with Crippen LogP contribution in [-0.4, -0.2) is 13.7 Å². The van der Waals surface area contributed by atoms with Crippen LogP contribution < -0.4 is 5.73 Å². The zero-order valence-corrected chi connectivity index (χ0v) is 6.14. The third kappa shape index (κ3) is 1.76. The molecule has 1 aliphatic rings. The summed E-state index contributed by atoms with van der Waals surface area (Å²) >= 11 is 0. The molecule has 2 unspecified atom stereocenters. The standard InChI is InChI=1S/C7H13BN2/c8-6-3-1-2-5(4-6)7(9)10/h5-6H,1-4H2,(H3,9,10). The van der Waals surface area contributed by atoms with E-state index >= 15 is 0 Å². The first kappa shape index (κ1) is 7.64. The molecule has 0 aromatic heterocycles. The molecule has 54 valence electrons. The predicted octanol–water partition coefficient (Wildman–Crippen LogP) is 1.07. The summed E-state index contributed by atoms with van der Waals surface area (Å²) in [5.41, 5.74) is 5.36. The van der Waals surface area contributed by atoms with Crippen LogP contribution >= 0.6 is 0 Å². The molecule has 3 N–H and O–H groups in total. The van der Waals surface area contributed by atoms with Gasteiger partial charge in [-0.1, -0.05) is 18.7 Å². The number of hydrogen-bond donors (Lipinski definition) is 2. The van der Waals surface area contributed by atoms with Gasteiger partial charge in [0, 0.05) is 5.92 Å². The van der Waals surface area contributed by atoms with Crippen molar-refractivity contribution in [1.82, 2.24) is 0 Å². The van der Waals surface area contributed by atoms with Gasteiger partial charge in [-0.3, -0.25) is 5.41 Å². The highest BCUT2D eigenvalue weighted by atomic mass is 14.7. The molecule has 1 aliphatic carbocycles. The van der Waals surface area contributed by atoms with Gasteiger partial charge in [0.25, 0.3) is 0 Å².